The number of hydrogen-bond acceptors (Lipinski definition) is 3. The fourth-order valence-electron chi connectivity index (χ4n) is 4.22. The maximum atomic E-state index is 13.7. The van der Waals surface area contributed by atoms with Crippen LogP contribution in [0.15, 0.2) is 24.3 Å². The van der Waals surface area contributed by atoms with E-state index in [0.29, 0.717) is 12.1 Å². The summed E-state index contributed by atoms with van der Waals surface area (Å²) in [6.45, 7) is 3.90. The first-order valence-corrected chi connectivity index (χ1v) is 9.42. The molecule has 1 aliphatic heterocycles. The van der Waals surface area contributed by atoms with Crippen molar-refractivity contribution in [2.24, 2.45) is 0 Å². The highest BCUT2D eigenvalue weighted by atomic mass is 19.1. The van der Waals surface area contributed by atoms with Crippen molar-refractivity contribution in [1.82, 2.24) is 10.6 Å². The molecule has 0 unspecified atom stereocenters. The van der Waals surface area contributed by atoms with Gasteiger partial charge in [-0.3, -0.25) is 4.79 Å². The smallest absolute Gasteiger partial charge is 0.217 e. The van der Waals surface area contributed by atoms with Crippen molar-refractivity contribution in [1.29, 1.82) is 0 Å². The molecule has 2 N–H and O–H groups in total. The molecule has 25 heavy (non-hydrogen) atoms. The molecule has 2 aliphatic rings. The Morgan fingerprint density at radius 3 is 2.52 bits per heavy atom. The summed E-state index contributed by atoms with van der Waals surface area (Å²) in [5, 5.41) is 6.76. The lowest BCUT2D eigenvalue weighted by Crippen LogP contribution is -2.48. The standard InChI is InChI=1S/C20H29FN2O2/c1-15(24)23-19-7-5-18(6-8-19)22-14-20(9-11-25-12-10-20)16-3-2-4-17(21)13-16/h2-4,13,18-19,22H,5-12,14H2,1H3,(H,23,24). The lowest BCUT2D eigenvalue weighted by atomic mass is 9.73. The first-order valence-electron chi connectivity index (χ1n) is 9.42. The second-order valence-corrected chi connectivity index (χ2v) is 7.53. The van der Waals surface area contributed by atoms with Crippen molar-refractivity contribution in [2.75, 3.05) is 19.8 Å². The third-order valence-corrected chi connectivity index (χ3v) is 5.75. The summed E-state index contributed by atoms with van der Waals surface area (Å²) in [6.07, 6.45) is 6.03. The Bertz CT molecular complexity index is 579. The van der Waals surface area contributed by atoms with Crippen molar-refractivity contribution in [3.63, 3.8) is 0 Å². The Balaban J connectivity index is 1.60. The van der Waals surface area contributed by atoms with Gasteiger partial charge in [0.25, 0.3) is 0 Å². The molecule has 0 radical (unpaired) electrons. The molecule has 0 bridgehead atoms. The third kappa shape index (κ3) is 4.79. The molecule has 1 saturated heterocycles. The van der Waals surface area contributed by atoms with Crippen LogP contribution in [0.2, 0.25) is 0 Å². The fraction of sp³-hybridized carbons (Fsp3) is 0.650. The minimum absolute atomic E-state index is 0.0468. The quantitative estimate of drug-likeness (QED) is 0.860. The van der Waals surface area contributed by atoms with Gasteiger partial charge in [0, 0.05) is 44.2 Å². The Labute approximate surface area is 149 Å². The zero-order valence-electron chi connectivity index (χ0n) is 15.0. The summed E-state index contributed by atoms with van der Waals surface area (Å²) in [6, 6.07) is 7.83. The van der Waals surface area contributed by atoms with E-state index >= 15 is 0 Å². The maximum absolute atomic E-state index is 13.7. The van der Waals surface area contributed by atoms with Crippen molar-refractivity contribution < 1.29 is 13.9 Å². The van der Waals surface area contributed by atoms with E-state index in [1.54, 1.807) is 19.1 Å². The number of benzene rings is 1. The van der Waals surface area contributed by atoms with Crippen LogP contribution in [0.4, 0.5) is 4.39 Å². The highest BCUT2D eigenvalue weighted by Crippen LogP contribution is 2.35. The van der Waals surface area contributed by atoms with E-state index in [9.17, 15) is 9.18 Å². The number of amides is 1. The molecule has 5 heteroatoms. The third-order valence-electron chi connectivity index (χ3n) is 5.75. The largest absolute Gasteiger partial charge is 0.381 e. The number of carbonyl (C=O) groups excluding carboxylic acids is 1. The molecule has 0 atom stereocenters. The minimum Gasteiger partial charge on any atom is -0.381 e. The summed E-state index contributed by atoms with van der Waals surface area (Å²) in [5.41, 5.74) is 1.03. The van der Waals surface area contributed by atoms with E-state index < -0.39 is 0 Å². The van der Waals surface area contributed by atoms with E-state index in [2.05, 4.69) is 10.6 Å². The van der Waals surface area contributed by atoms with Gasteiger partial charge >= 0.3 is 0 Å². The second kappa shape index (κ2) is 8.28. The van der Waals surface area contributed by atoms with Crippen molar-refractivity contribution >= 4 is 5.91 Å². The van der Waals surface area contributed by atoms with Crippen LogP contribution in [0.25, 0.3) is 0 Å². The fourth-order valence-corrected chi connectivity index (χ4v) is 4.22. The average molecular weight is 348 g/mol. The summed E-state index contributed by atoms with van der Waals surface area (Å²) in [7, 11) is 0. The van der Waals surface area contributed by atoms with E-state index in [1.165, 1.54) is 6.07 Å². The van der Waals surface area contributed by atoms with Crippen LogP contribution in [-0.2, 0) is 14.9 Å². The number of halogens is 1. The van der Waals surface area contributed by atoms with Crippen LogP contribution in [0.3, 0.4) is 0 Å². The molecular weight excluding hydrogens is 319 g/mol. The Morgan fingerprint density at radius 2 is 1.88 bits per heavy atom. The molecule has 1 amide bonds. The van der Waals surface area contributed by atoms with E-state index in [-0.39, 0.29) is 17.1 Å². The molecule has 0 aromatic heterocycles. The maximum Gasteiger partial charge on any atom is 0.217 e. The molecule has 1 aromatic carbocycles. The van der Waals surface area contributed by atoms with Crippen LogP contribution in [-0.4, -0.2) is 37.7 Å². The van der Waals surface area contributed by atoms with Gasteiger partial charge in [0.05, 0.1) is 0 Å². The van der Waals surface area contributed by atoms with Crippen molar-refractivity contribution in [2.45, 2.75) is 62.9 Å². The highest BCUT2D eigenvalue weighted by molar-refractivity contribution is 5.73. The van der Waals surface area contributed by atoms with Gasteiger partial charge in [-0.15, -0.1) is 0 Å². The van der Waals surface area contributed by atoms with Crippen LogP contribution in [0, 0.1) is 5.82 Å². The summed E-state index contributed by atoms with van der Waals surface area (Å²) >= 11 is 0. The predicted octanol–water partition coefficient (Wildman–Crippen LogP) is 2.91. The Hall–Kier alpha value is -1.46. The molecule has 0 spiro atoms. The van der Waals surface area contributed by atoms with Gasteiger partial charge in [-0.2, -0.15) is 0 Å². The molecule has 1 heterocycles. The molecule has 3 rings (SSSR count). The van der Waals surface area contributed by atoms with Gasteiger partial charge in [-0.25, -0.2) is 4.39 Å². The monoisotopic (exact) mass is 348 g/mol. The summed E-state index contributed by atoms with van der Waals surface area (Å²) < 4.78 is 19.3. The summed E-state index contributed by atoms with van der Waals surface area (Å²) in [5.74, 6) is -0.108. The molecular formula is C20H29FN2O2. The summed E-state index contributed by atoms with van der Waals surface area (Å²) in [4.78, 5) is 11.2. The predicted molar refractivity (Wildman–Crippen MR) is 96.0 cm³/mol. The first kappa shape index (κ1) is 18.3. The molecule has 138 valence electrons. The van der Waals surface area contributed by atoms with E-state index in [4.69, 9.17) is 4.74 Å². The number of carbonyl (C=O) groups is 1. The van der Waals surface area contributed by atoms with Gasteiger partial charge in [-0.1, -0.05) is 12.1 Å². The highest BCUT2D eigenvalue weighted by Gasteiger charge is 2.35. The van der Waals surface area contributed by atoms with Gasteiger partial charge in [-0.05, 0) is 56.2 Å². The molecule has 4 nitrogen and oxygen atoms in total. The number of nitrogens with one attached hydrogen (secondary N) is 2. The number of hydrogen-bond donors (Lipinski definition) is 2. The van der Waals surface area contributed by atoms with Gasteiger partial charge < -0.3 is 15.4 Å². The minimum atomic E-state index is -0.167. The van der Waals surface area contributed by atoms with Gasteiger partial charge in [0.15, 0.2) is 0 Å². The topological polar surface area (TPSA) is 50.4 Å². The van der Waals surface area contributed by atoms with Gasteiger partial charge in [0.1, 0.15) is 5.82 Å². The van der Waals surface area contributed by atoms with E-state index in [1.807, 2.05) is 6.07 Å². The number of rotatable bonds is 5. The van der Waals surface area contributed by atoms with Crippen LogP contribution in [0.1, 0.15) is 51.0 Å². The lowest BCUT2D eigenvalue weighted by Gasteiger charge is -2.40. The molecule has 2 fully saturated rings. The first-order chi connectivity index (χ1) is 12.1. The average Bonchev–Trinajstić information content (AvgIpc) is 2.61. The Kier molecular flexibility index (Phi) is 6.07. The zero-order valence-corrected chi connectivity index (χ0v) is 15.0. The van der Waals surface area contributed by atoms with Crippen LogP contribution >= 0.6 is 0 Å². The van der Waals surface area contributed by atoms with Crippen LogP contribution < -0.4 is 10.6 Å². The van der Waals surface area contributed by atoms with Crippen LogP contribution in [0.5, 0.6) is 0 Å². The zero-order chi connectivity index (χ0) is 17.7. The van der Waals surface area contributed by atoms with E-state index in [0.717, 1.165) is 63.8 Å². The normalized spacial score (nSPS) is 26.2. The molecule has 1 saturated carbocycles. The Morgan fingerprint density at radius 1 is 1.20 bits per heavy atom. The van der Waals surface area contributed by atoms with Crippen molar-refractivity contribution in [3.05, 3.63) is 35.6 Å². The lowest BCUT2D eigenvalue weighted by molar-refractivity contribution is -0.119. The second-order valence-electron chi connectivity index (χ2n) is 7.53. The SMILES string of the molecule is CC(=O)NC1CCC(NCC2(c3cccc(F)c3)CCOCC2)CC1. The molecule has 1 aliphatic carbocycles. The van der Waals surface area contributed by atoms with Crippen molar-refractivity contribution in [3.8, 4) is 0 Å². The molecule has 1 aromatic rings. The number of ether oxygens (including phenoxy) is 1. The van der Waals surface area contributed by atoms with Gasteiger partial charge in [0.2, 0.25) is 5.91 Å².